The number of amides is 1. The molecular formula is C27H21ClN4O4S. The number of hydrogen-bond donors (Lipinski definition) is 1. The van der Waals surface area contributed by atoms with Gasteiger partial charge in [-0.25, -0.2) is 0 Å². The third-order valence-electron chi connectivity index (χ3n) is 5.41. The van der Waals surface area contributed by atoms with Crippen molar-refractivity contribution in [2.45, 2.75) is 0 Å². The number of nitrogens with zero attached hydrogens (tertiary/aromatic N) is 3. The molecule has 186 valence electrons. The monoisotopic (exact) mass is 532 g/mol. The Kier molecular flexibility index (Phi) is 7.25. The molecule has 0 spiro atoms. The summed E-state index contributed by atoms with van der Waals surface area (Å²) in [5, 5.41) is 15.9. The first-order valence-electron chi connectivity index (χ1n) is 11.3. The van der Waals surface area contributed by atoms with Crippen molar-refractivity contribution in [1.82, 2.24) is 5.01 Å². The van der Waals surface area contributed by atoms with Crippen LogP contribution in [0.4, 0.5) is 0 Å². The Morgan fingerprint density at radius 2 is 1.70 bits per heavy atom. The summed E-state index contributed by atoms with van der Waals surface area (Å²) in [6.45, 7) is 0.728. The molecule has 37 heavy (non-hydrogen) atoms. The SMILES string of the molecule is COc1cccc(OCCOc2ccc(/C=C3/C(=N)N4N=C(c5ccccc5Cl)SC4=NC3=O)cc2)c1. The van der Waals surface area contributed by atoms with Crippen LogP contribution in [0.5, 0.6) is 17.2 Å². The molecule has 3 aromatic carbocycles. The second-order valence-electron chi connectivity index (χ2n) is 7.85. The Balaban J connectivity index is 1.22. The fourth-order valence-corrected chi connectivity index (χ4v) is 4.78. The van der Waals surface area contributed by atoms with Crippen molar-refractivity contribution in [2.24, 2.45) is 10.1 Å². The summed E-state index contributed by atoms with van der Waals surface area (Å²) in [6, 6.07) is 21.9. The van der Waals surface area contributed by atoms with E-state index in [1.165, 1.54) is 16.8 Å². The summed E-state index contributed by atoms with van der Waals surface area (Å²) in [7, 11) is 1.61. The molecule has 10 heteroatoms. The van der Waals surface area contributed by atoms with Crippen molar-refractivity contribution in [3.05, 3.63) is 94.5 Å². The Labute approximate surface area is 222 Å². The number of carbonyl (C=O) groups excluding carboxylic acids is 1. The van der Waals surface area contributed by atoms with Crippen molar-refractivity contribution in [1.29, 1.82) is 5.41 Å². The van der Waals surface area contributed by atoms with Crippen molar-refractivity contribution in [2.75, 3.05) is 20.3 Å². The molecular weight excluding hydrogens is 512 g/mol. The van der Waals surface area contributed by atoms with Crippen molar-refractivity contribution in [3.8, 4) is 17.2 Å². The lowest BCUT2D eigenvalue weighted by atomic mass is 10.1. The number of hydrogen-bond acceptors (Lipinski definition) is 7. The molecule has 0 fully saturated rings. The molecule has 0 bridgehead atoms. The molecule has 2 aliphatic heterocycles. The van der Waals surface area contributed by atoms with E-state index in [1.54, 1.807) is 31.4 Å². The van der Waals surface area contributed by atoms with E-state index in [4.69, 9.17) is 31.2 Å². The molecule has 1 N–H and O–H groups in total. The van der Waals surface area contributed by atoms with Gasteiger partial charge in [-0.15, -0.1) is 0 Å². The van der Waals surface area contributed by atoms with Gasteiger partial charge in [0.05, 0.1) is 17.7 Å². The fraction of sp³-hybridized carbons (Fsp3) is 0.111. The van der Waals surface area contributed by atoms with E-state index < -0.39 is 5.91 Å². The summed E-state index contributed by atoms with van der Waals surface area (Å²) in [6.07, 6.45) is 1.62. The summed E-state index contributed by atoms with van der Waals surface area (Å²) in [5.41, 5.74) is 1.60. The highest BCUT2D eigenvalue weighted by molar-refractivity contribution is 8.27. The van der Waals surface area contributed by atoms with Gasteiger partial charge in [-0.3, -0.25) is 10.2 Å². The van der Waals surface area contributed by atoms with E-state index >= 15 is 0 Å². The first kappa shape index (κ1) is 24.6. The lowest BCUT2D eigenvalue weighted by molar-refractivity contribution is -0.114. The molecule has 0 radical (unpaired) electrons. The van der Waals surface area contributed by atoms with Crippen LogP contribution in [0.1, 0.15) is 11.1 Å². The van der Waals surface area contributed by atoms with Crippen LogP contribution >= 0.6 is 23.4 Å². The molecule has 1 amide bonds. The molecule has 0 saturated carbocycles. The van der Waals surface area contributed by atoms with E-state index in [0.29, 0.717) is 39.9 Å². The van der Waals surface area contributed by atoms with Gasteiger partial charge in [-0.05, 0) is 53.7 Å². The number of carbonyl (C=O) groups is 1. The third-order valence-corrected chi connectivity index (χ3v) is 6.68. The van der Waals surface area contributed by atoms with E-state index in [-0.39, 0.29) is 11.4 Å². The minimum absolute atomic E-state index is 0.0421. The number of ether oxygens (including phenoxy) is 3. The average Bonchev–Trinajstić information content (AvgIpc) is 3.34. The van der Waals surface area contributed by atoms with Crippen LogP contribution in [0, 0.1) is 5.41 Å². The Morgan fingerprint density at radius 3 is 2.46 bits per heavy atom. The standard InChI is InChI=1S/C27H21ClN4O4S/c1-34-19-5-4-6-20(16-19)36-14-13-35-18-11-9-17(10-12-18)15-22-24(29)32-27(30-25(22)33)37-26(31-32)21-7-2-3-8-23(21)28/h2-12,15-16,29H,13-14H2,1H3/b22-15-,29-24?. The molecule has 2 heterocycles. The number of fused-ring (bicyclic) bond motifs is 1. The summed E-state index contributed by atoms with van der Waals surface area (Å²) in [4.78, 5) is 16.8. The van der Waals surface area contributed by atoms with Gasteiger partial charge in [0.15, 0.2) is 5.84 Å². The van der Waals surface area contributed by atoms with Crippen LogP contribution < -0.4 is 14.2 Å². The summed E-state index contributed by atoms with van der Waals surface area (Å²) in [5.74, 6) is 1.56. The van der Waals surface area contributed by atoms with Crippen molar-refractivity contribution >= 4 is 51.4 Å². The number of thioether (sulfide) groups is 1. The number of aliphatic imine (C=N–C) groups is 1. The highest BCUT2D eigenvalue weighted by Crippen LogP contribution is 2.33. The van der Waals surface area contributed by atoms with E-state index in [1.807, 2.05) is 54.6 Å². The average molecular weight is 533 g/mol. The van der Waals surface area contributed by atoms with Crippen molar-refractivity contribution in [3.63, 3.8) is 0 Å². The van der Waals surface area contributed by atoms with Crippen LogP contribution in [-0.4, -0.2) is 47.3 Å². The highest BCUT2D eigenvalue weighted by atomic mass is 35.5. The van der Waals surface area contributed by atoms with Gasteiger partial charge in [-0.1, -0.05) is 48.0 Å². The molecule has 0 aromatic heterocycles. The normalized spacial score (nSPS) is 15.8. The Morgan fingerprint density at radius 1 is 0.973 bits per heavy atom. The van der Waals surface area contributed by atoms with E-state index in [0.717, 1.165) is 16.9 Å². The lowest BCUT2D eigenvalue weighted by Crippen LogP contribution is -2.35. The van der Waals surface area contributed by atoms with Gasteiger partial charge in [0.2, 0.25) is 5.17 Å². The maximum Gasteiger partial charge on any atom is 0.283 e. The van der Waals surface area contributed by atoms with Crippen molar-refractivity contribution < 1.29 is 19.0 Å². The third kappa shape index (κ3) is 5.52. The van der Waals surface area contributed by atoms with Crippen LogP contribution in [-0.2, 0) is 4.79 Å². The molecule has 8 nitrogen and oxygen atoms in total. The largest absolute Gasteiger partial charge is 0.497 e. The second-order valence-corrected chi connectivity index (χ2v) is 9.21. The predicted octanol–water partition coefficient (Wildman–Crippen LogP) is 5.47. The highest BCUT2D eigenvalue weighted by Gasteiger charge is 2.36. The maximum absolute atomic E-state index is 12.7. The topological polar surface area (TPSA) is 96.6 Å². The smallest absolute Gasteiger partial charge is 0.283 e. The first-order chi connectivity index (χ1) is 18.0. The second kappa shape index (κ2) is 10.9. The molecule has 0 atom stereocenters. The van der Waals surface area contributed by atoms with Gasteiger partial charge in [0.1, 0.15) is 35.5 Å². The van der Waals surface area contributed by atoms with Crippen LogP contribution in [0.3, 0.4) is 0 Å². The fourth-order valence-electron chi connectivity index (χ4n) is 3.57. The molecule has 5 rings (SSSR count). The number of rotatable bonds is 8. The molecule has 0 aliphatic carbocycles. The first-order valence-corrected chi connectivity index (χ1v) is 12.5. The van der Waals surface area contributed by atoms with Gasteiger partial charge < -0.3 is 14.2 Å². The molecule has 2 aliphatic rings. The maximum atomic E-state index is 12.7. The van der Waals surface area contributed by atoms with Crippen LogP contribution in [0.25, 0.3) is 6.08 Å². The Bertz CT molecular complexity index is 1450. The number of benzene rings is 3. The summed E-state index contributed by atoms with van der Waals surface area (Å²) >= 11 is 7.50. The Hall–Kier alpha value is -4.08. The number of hydrazone groups is 1. The zero-order chi connectivity index (χ0) is 25.8. The molecule has 0 unspecified atom stereocenters. The van der Waals surface area contributed by atoms with E-state index in [9.17, 15) is 4.79 Å². The number of methoxy groups -OCH3 is 1. The number of halogens is 1. The van der Waals surface area contributed by atoms with Crippen LogP contribution in [0.2, 0.25) is 5.02 Å². The van der Waals surface area contributed by atoms with Gasteiger partial charge in [-0.2, -0.15) is 15.1 Å². The minimum atomic E-state index is -0.491. The minimum Gasteiger partial charge on any atom is -0.497 e. The van der Waals surface area contributed by atoms with Gasteiger partial charge >= 0.3 is 0 Å². The van der Waals surface area contributed by atoms with Gasteiger partial charge in [0.25, 0.3) is 5.91 Å². The summed E-state index contributed by atoms with van der Waals surface area (Å²) < 4.78 is 16.6. The zero-order valence-electron chi connectivity index (χ0n) is 19.7. The van der Waals surface area contributed by atoms with Crippen LogP contribution in [0.15, 0.2) is 88.5 Å². The molecule has 0 saturated heterocycles. The quantitative estimate of drug-likeness (QED) is 0.305. The lowest BCUT2D eigenvalue weighted by Gasteiger charge is -2.20. The molecule has 3 aromatic rings. The zero-order valence-corrected chi connectivity index (χ0v) is 21.3. The number of nitrogens with one attached hydrogen (secondary N) is 1. The predicted molar refractivity (Wildman–Crippen MR) is 146 cm³/mol. The number of amidine groups is 2. The van der Waals surface area contributed by atoms with Gasteiger partial charge in [0, 0.05) is 11.6 Å². The van der Waals surface area contributed by atoms with E-state index in [2.05, 4.69) is 10.1 Å².